The van der Waals surface area contributed by atoms with Gasteiger partial charge in [-0.15, -0.1) is 0 Å². The summed E-state index contributed by atoms with van der Waals surface area (Å²) in [6.07, 6.45) is 4.07. The fourth-order valence-corrected chi connectivity index (χ4v) is 3.88. The summed E-state index contributed by atoms with van der Waals surface area (Å²) in [5, 5.41) is 23.6. The quantitative estimate of drug-likeness (QED) is 0.792. The number of β-amino-alcohol motifs (C(OH)–C–C–N with tert-alkyl or cyclic N) is 1. The van der Waals surface area contributed by atoms with E-state index in [0.717, 1.165) is 40.7 Å². The molecule has 0 aromatic carbocycles. The number of nitriles is 1. The normalized spacial score (nSPS) is 19.0. The number of aryl methyl sites for hydroxylation is 1. The number of pyridine rings is 1. The van der Waals surface area contributed by atoms with Crippen LogP contribution in [0.1, 0.15) is 30.9 Å². The van der Waals surface area contributed by atoms with Crippen molar-refractivity contribution in [3.63, 3.8) is 0 Å². The van der Waals surface area contributed by atoms with E-state index in [2.05, 4.69) is 51.6 Å². The van der Waals surface area contributed by atoms with Crippen molar-refractivity contribution in [1.82, 2.24) is 9.61 Å². The molecule has 1 atom stereocenters. The molecule has 0 radical (unpaired) electrons. The lowest BCUT2D eigenvalue weighted by Gasteiger charge is -2.33. The molecule has 0 aliphatic carbocycles. The summed E-state index contributed by atoms with van der Waals surface area (Å²) in [7, 11) is 0. The van der Waals surface area contributed by atoms with Gasteiger partial charge in [0.1, 0.15) is 11.9 Å². The third-order valence-electron chi connectivity index (χ3n) is 3.98. The summed E-state index contributed by atoms with van der Waals surface area (Å²) in [6.45, 7) is 3.67. The van der Waals surface area contributed by atoms with Gasteiger partial charge in [-0.3, -0.25) is 0 Å². The molecular formula is C15H17IN4O. The highest BCUT2D eigenvalue weighted by Crippen LogP contribution is 2.30. The number of aliphatic hydroxyl groups excluding tert-OH is 1. The molecule has 1 saturated heterocycles. The van der Waals surface area contributed by atoms with Gasteiger partial charge in [0.25, 0.3) is 0 Å². The predicted molar refractivity (Wildman–Crippen MR) is 89.5 cm³/mol. The van der Waals surface area contributed by atoms with Crippen molar-refractivity contribution >= 4 is 33.9 Å². The number of hydrogen-bond donors (Lipinski definition) is 1. The third-order valence-corrected chi connectivity index (χ3v) is 4.80. The van der Waals surface area contributed by atoms with E-state index in [9.17, 15) is 10.4 Å². The van der Waals surface area contributed by atoms with Gasteiger partial charge in [-0.25, -0.2) is 4.52 Å². The first-order valence-electron chi connectivity index (χ1n) is 7.18. The van der Waals surface area contributed by atoms with Crippen LogP contribution in [0.2, 0.25) is 0 Å². The van der Waals surface area contributed by atoms with Crippen LogP contribution in [0.3, 0.4) is 0 Å². The monoisotopic (exact) mass is 396 g/mol. The average molecular weight is 396 g/mol. The molecule has 0 bridgehead atoms. The van der Waals surface area contributed by atoms with E-state index in [-0.39, 0.29) is 6.10 Å². The van der Waals surface area contributed by atoms with Crippen molar-refractivity contribution in [2.75, 3.05) is 18.0 Å². The van der Waals surface area contributed by atoms with Gasteiger partial charge >= 0.3 is 0 Å². The summed E-state index contributed by atoms with van der Waals surface area (Å²) < 4.78 is 2.91. The molecule has 0 spiro atoms. The molecule has 3 rings (SSSR count). The molecular weight excluding hydrogens is 379 g/mol. The van der Waals surface area contributed by atoms with Crippen molar-refractivity contribution < 1.29 is 5.11 Å². The minimum atomic E-state index is -0.288. The SMILES string of the molecule is CCc1cc(I)c2c(C#N)cnn2c1N1CCC[C@H](O)C1. The Morgan fingerprint density at radius 2 is 2.38 bits per heavy atom. The molecule has 1 N–H and O–H groups in total. The predicted octanol–water partition coefficient (Wildman–Crippen LogP) is 2.33. The summed E-state index contributed by atoms with van der Waals surface area (Å²) in [6, 6.07) is 4.34. The number of rotatable bonds is 2. The topological polar surface area (TPSA) is 64.6 Å². The van der Waals surface area contributed by atoms with Gasteiger partial charge in [-0.05, 0) is 53.5 Å². The molecule has 6 heteroatoms. The number of fused-ring (bicyclic) bond motifs is 1. The first-order chi connectivity index (χ1) is 10.2. The van der Waals surface area contributed by atoms with Gasteiger partial charge in [0.15, 0.2) is 0 Å². The van der Waals surface area contributed by atoms with Crippen LogP contribution in [-0.4, -0.2) is 33.9 Å². The van der Waals surface area contributed by atoms with Gasteiger partial charge < -0.3 is 10.0 Å². The Balaban J connectivity index is 2.22. The number of aromatic nitrogens is 2. The van der Waals surface area contributed by atoms with Crippen molar-refractivity contribution in [2.24, 2.45) is 0 Å². The van der Waals surface area contributed by atoms with E-state index in [1.807, 2.05) is 4.52 Å². The van der Waals surface area contributed by atoms with Crippen LogP contribution in [0.5, 0.6) is 0 Å². The van der Waals surface area contributed by atoms with E-state index in [1.165, 1.54) is 5.56 Å². The second-order valence-corrected chi connectivity index (χ2v) is 6.53. The number of hydrogen-bond acceptors (Lipinski definition) is 4. The molecule has 2 aromatic heterocycles. The van der Waals surface area contributed by atoms with Crippen LogP contribution < -0.4 is 4.90 Å². The molecule has 3 heterocycles. The average Bonchev–Trinajstić information content (AvgIpc) is 2.91. The Kier molecular flexibility index (Phi) is 4.04. The number of halogens is 1. The van der Waals surface area contributed by atoms with Crippen molar-refractivity contribution in [2.45, 2.75) is 32.3 Å². The Morgan fingerprint density at radius 3 is 3.05 bits per heavy atom. The fourth-order valence-electron chi connectivity index (χ4n) is 2.99. The maximum atomic E-state index is 9.96. The maximum Gasteiger partial charge on any atom is 0.134 e. The Bertz CT molecular complexity index is 719. The molecule has 110 valence electrons. The van der Waals surface area contributed by atoms with E-state index in [0.29, 0.717) is 12.1 Å². The second-order valence-electron chi connectivity index (χ2n) is 5.37. The van der Waals surface area contributed by atoms with Gasteiger partial charge in [-0.1, -0.05) is 6.92 Å². The molecule has 0 amide bonds. The highest BCUT2D eigenvalue weighted by Gasteiger charge is 2.24. The van der Waals surface area contributed by atoms with Crippen molar-refractivity contribution in [3.05, 3.63) is 27.0 Å². The Hall–Kier alpha value is -1.33. The third kappa shape index (κ3) is 2.49. The van der Waals surface area contributed by atoms with Crippen molar-refractivity contribution in [1.29, 1.82) is 5.26 Å². The molecule has 1 aliphatic rings. The first kappa shape index (κ1) is 14.6. The zero-order chi connectivity index (χ0) is 15.0. The smallest absolute Gasteiger partial charge is 0.134 e. The Labute approximate surface area is 137 Å². The van der Waals surface area contributed by atoms with Gasteiger partial charge in [0.2, 0.25) is 0 Å². The van der Waals surface area contributed by atoms with Gasteiger partial charge in [-0.2, -0.15) is 10.4 Å². The standard InChI is InChI=1S/C15H17IN4O/c1-2-10-6-13(16)14-11(7-17)8-18-20(14)15(10)19-5-3-4-12(21)9-19/h6,8,12,21H,2-5,9H2,1H3/t12-/m0/s1. The van der Waals surface area contributed by atoms with Gasteiger partial charge in [0.05, 0.1) is 23.4 Å². The van der Waals surface area contributed by atoms with E-state index < -0.39 is 0 Å². The fraction of sp³-hybridized carbons (Fsp3) is 0.467. The molecule has 1 fully saturated rings. The number of anilines is 1. The number of nitrogens with zero attached hydrogens (tertiary/aromatic N) is 4. The molecule has 2 aromatic rings. The molecule has 21 heavy (non-hydrogen) atoms. The largest absolute Gasteiger partial charge is 0.391 e. The van der Waals surface area contributed by atoms with Gasteiger partial charge in [0, 0.05) is 16.7 Å². The summed E-state index contributed by atoms with van der Waals surface area (Å²) in [5.41, 5.74) is 2.67. The molecule has 5 nitrogen and oxygen atoms in total. The number of piperidine rings is 1. The van der Waals surface area contributed by atoms with E-state index in [4.69, 9.17) is 0 Å². The highest BCUT2D eigenvalue weighted by atomic mass is 127. The molecule has 0 saturated carbocycles. The lowest BCUT2D eigenvalue weighted by molar-refractivity contribution is 0.153. The summed E-state index contributed by atoms with van der Waals surface area (Å²) >= 11 is 2.26. The van der Waals surface area contributed by atoms with Crippen LogP contribution in [0.25, 0.3) is 5.52 Å². The van der Waals surface area contributed by atoms with Crippen molar-refractivity contribution in [3.8, 4) is 6.07 Å². The minimum absolute atomic E-state index is 0.288. The molecule has 0 unspecified atom stereocenters. The van der Waals surface area contributed by atoms with Crippen LogP contribution in [0.4, 0.5) is 5.82 Å². The summed E-state index contributed by atoms with van der Waals surface area (Å²) in [4.78, 5) is 2.20. The van der Waals surface area contributed by atoms with E-state index >= 15 is 0 Å². The number of aliphatic hydroxyl groups is 1. The summed E-state index contributed by atoms with van der Waals surface area (Å²) in [5.74, 6) is 1.02. The lowest BCUT2D eigenvalue weighted by atomic mass is 10.1. The Morgan fingerprint density at radius 1 is 1.57 bits per heavy atom. The minimum Gasteiger partial charge on any atom is -0.391 e. The van der Waals surface area contributed by atoms with E-state index in [1.54, 1.807) is 6.20 Å². The first-order valence-corrected chi connectivity index (χ1v) is 8.25. The van der Waals surface area contributed by atoms with Crippen LogP contribution >= 0.6 is 22.6 Å². The second kappa shape index (κ2) is 5.81. The van der Waals surface area contributed by atoms with Crippen LogP contribution in [0.15, 0.2) is 12.3 Å². The van der Waals surface area contributed by atoms with Crippen LogP contribution in [-0.2, 0) is 6.42 Å². The maximum absolute atomic E-state index is 9.96. The lowest BCUT2D eigenvalue weighted by Crippen LogP contribution is -2.40. The zero-order valence-corrected chi connectivity index (χ0v) is 14.0. The van der Waals surface area contributed by atoms with Crippen LogP contribution in [0, 0.1) is 14.9 Å². The zero-order valence-electron chi connectivity index (χ0n) is 11.9. The highest BCUT2D eigenvalue weighted by molar-refractivity contribution is 14.1. The molecule has 1 aliphatic heterocycles.